The highest BCUT2D eigenvalue weighted by atomic mass is 16.5. The Hall–Kier alpha value is -4.59. The van der Waals surface area contributed by atoms with Crippen molar-refractivity contribution in [2.24, 2.45) is 0 Å². The first-order chi connectivity index (χ1) is 17.1. The van der Waals surface area contributed by atoms with Crippen LogP contribution in [0.3, 0.4) is 0 Å². The monoisotopic (exact) mass is 471 g/mol. The minimum atomic E-state index is -0.324. The van der Waals surface area contributed by atoms with Gasteiger partial charge in [0.2, 0.25) is 11.7 Å². The number of rotatable bonds is 9. The topological polar surface area (TPSA) is 95.7 Å². The van der Waals surface area contributed by atoms with E-state index < -0.39 is 0 Å². The first-order valence-electron chi connectivity index (χ1n) is 10.9. The highest BCUT2D eigenvalue weighted by molar-refractivity contribution is 6.03. The summed E-state index contributed by atoms with van der Waals surface area (Å²) in [6, 6.07) is 20.7. The summed E-state index contributed by atoms with van der Waals surface area (Å²) in [5.41, 5.74) is 2.99. The highest BCUT2D eigenvalue weighted by Crippen LogP contribution is 2.38. The SMILES string of the molecule is COc1cc(/C=C/C(=O)Nc2ccccc2-c2nc(Cc3ccccc3)no2)cc(OC)c1OC. The quantitative estimate of drug-likeness (QED) is 0.343. The Morgan fingerprint density at radius 3 is 2.31 bits per heavy atom. The molecule has 0 unspecified atom stereocenters. The minimum Gasteiger partial charge on any atom is -0.493 e. The number of nitrogens with zero attached hydrogens (tertiary/aromatic N) is 2. The van der Waals surface area contributed by atoms with Crippen LogP contribution in [0.25, 0.3) is 17.5 Å². The average molecular weight is 472 g/mol. The van der Waals surface area contributed by atoms with Crippen LogP contribution in [0.4, 0.5) is 5.69 Å². The Balaban J connectivity index is 1.50. The molecule has 1 amide bonds. The third kappa shape index (κ3) is 5.67. The number of benzene rings is 3. The smallest absolute Gasteiger partial charge is 0.260 e. The van der Waals surface area contributed by atoms with E-state index in [4.69, 9.17) is 18.7 Å². The Morgan fingerprint density at radius 1 is 0.943 bits per heavy atom. The zero-order valence-electron chi connectivity index (χ0n) is 19.6. The Morgan fingerprint density at radius 2 is 1.63 bits per heavy atom. The summed E-state index contributed by atoms with van der Waals surface area (Å²) >= 11 is 0. The molecule has 0 aliphatic rings. The molecule has 35 heavy (non-hydrogen) atoms. The van der Waals surface area contributed by atoms with Crippen LogP contribution in [0.2, 0.25) is 0 Å². The van der Waals surface area contributed by atoms with Crippen LogP contribution in [0.15, 0.2) is 77.3 Å². The molecule has 0 fully saturated rings. The van der Waals surface area contributed by atoms with E-state index in [2.05, 4.69) is 15.5 Å². The van der Waals surface area contributed by atoms with E-state index in [-0.39, 0.29) is 5.91 Å². The fourth-order valence-electron chi connectivity index (χ4n) is 3.54. The molecule has 4 rings (SSSR count). The second-order valence-electron chi connectivity index (χ2n) is 7.50. The molecule has 3 aromatic carbocycles. The van der Waals surface area contributed by atoms with Crippen molar-refractivity contribution in [2.75, 3.05) is 26.6 Å². The van der Waals surface area contributed by atoms with Crippen molar-refractivity contribution in [3.8, 4) is 28.7 Å². The van der Waals surface area contributed by atoms with Crippen LogP contribution in [-0.2, 0) is 11.2 Å². The third-order valence-corrected chi connectivity index (χ3v) is 5.20. The number of hydrogen-bond donors (Lipinski definition) is 1. The maximum atomic E-state index is 12.7. The molecule has 1 heterocycles. The van der Waals surface area contributed by atoms with Gasteiger partial charge in [-0.1, -0.05) is 47.6 Å². The molecular weight excluding hydrogens is 446 g/mol. The number of carbonyl (C=O) groups is 1. The summed E-state index contributed by atoms with van der Waals surface area (Å²) < 4.78 is 21.5. The second kappa shape index (κ2) is 11.0. The number of amides is 1. The van der Waals surface area contributed by atoms with Crippen molar-refractivity contribution < 1.29 is 23.5 Å². The molecule has 0 atom stereocenters. The Kier molecular flexibility index (Phi) is 7.42. The summed E-state index contributed by atoms with van der Waals surface area (Å²) in [7, 11) is 4.61. The van der Waals surface area contributed by atoms with E-state index in [1.807, 2.05) is 48.5 Å². The van der Waals surface area contributed by atoms with Crippen molar-refractivity contribution >= 4 is 17.7 Å². The van der Waals surface area contributed by atoms with Crippen molar-refractivity contribution in [1.29, 1.82) is 0 Å². The lowest BCUT2D eigenvalue weighted by Crippen LogP contribution is -2.08. The number of ether oxygens (including phenoxy) is 3. The van der Waals surface area contributed by atoms with Gasteiger partial charge in [0.1, 0.15) is 0 Å². The van der Waals surface area contributed by atoms with Gasteiger partial charge in [0.15, 0.2) is 17.3 Å². The van der Waals surface area contributed by atoms with Gasteiger partial charge >= 0.3 is 0 Å². The van der Waals surface area contributed by atoms with E-state index in [0.29, 0.717) is 52.2 Å². The summed E-state index contributed by atoms with van der Waals surface area (Å²) in [5.74, 6) is 2.06. The van der Waals surface area contributed by atoms with E-state index >= 15 is 0 Å². The van der Waals surface area contributed by atoms with Crippen molar-refractivity contribution in [3.63, 3.8) is 0 Å². The van der Waals surface area contributed by atoms with Crippen LogP contribution in [-0.4, -0.2) is 37.4 Å². The molecule has 1 aromatic heterocycles. The predicted molar refractivity (Wildman–Crippen MR) is 133 cm³/mol. The molecule has 0 bridgehead atoms. The van der Waals surface area contributed by atoms with E-state index in [1.54, 1.807) is 24.3 Å². The molecule has 0 aliphatic carbocycles. The summed E-state index contributed by atoms with van der Waals surface area (Å²) in [4.78, 5) is 17.2. The summed E-state index contributed by atoms with van der Waals surface area (Å²) in [5, 5.41) is 6.96. The van der Waals surface area contributed by atoms with Gasteiger partial charge in [-0.3, -0.25) is 4.79 Å². The predicted octanol–water partition coefficient (Wildman–Crippen LogP) is 5.01. The van der Waals surface area contributed by atoms with Gasteiger partial charge in [0.05, 0.1) is 32.6 Å². The molecule has 8 heteroatoms. The maximum Gasteiger partial charge on any atom is 0.260 e. The standard InChI is InChI=1S/C27H25N3O5/c1-32-22-15-19(16-23(33-2)26(22)34-3)13-14-25(31)28-21-12-8-7-11-20(21)27-29-24(30-35-27)17-18-9-5-4-6-10-18/h4-16H,17H2,1-3H3,(H,28,31)/b14-13+. The zero-order valence-corrected chi connectivity index (χ0v) is 19.6. The zero-order chi connectivity index (χ0) is 24.6. The number of methoxy groups -OCH3 is 3. The molecule has 1 N–H and O–H groups in total. The molecule has 178 valence electrons. The van der Waals surface area contributed by atoms with Crippen molar-refractivity contribution in [2.45, 2.75) is 6.42 Å². The second-order valence-corrected chi connectivity index (χ2v) is 7.50. The Bertz CT molecular complexity index is 1310. The fourth-order valence-corrected chi connectivity index (χ4v) is 3.54. The van der Waals surface area contributed by atoms with Gasteiger partial charge in [-0.2, -0.15) is 4.98 Å². The summed E-state index contributed by atoms with van der Waals surface area (Å²) in [6.07, 6.45) is 3.63. The third-order valence-electron chi connectivity index (χ3n) is 5.20. The average Bonchev–Trinajstić information content (AvgIpc) is 3.35. The number of anilines is 1. The number of para-hydroxylation sites is 1. The van der Waals surface area contributed by atoms with Crippen LogP contribution in [0.5, 0.6) is 17.2 Å². The van der Waals surface area contributed by atoms with Gasteiger partial charge in [0, 0.05) is 12.5 Å². The van der Waals surface area contributed by atoms with Gasteiger partial charge in [0.25, 0.3) is 5.89 Å². The van der Waals surface area contributed by atoms with Gasteiger partial charge in [-0.25, -0.2) is 0 Å². The highest BCUT2D eigenvalue weighted by Gasteiger charge is 2.15. The van der Waals surface area contributed by atoms with Crippen molar-refractivity contribution in [3.05, 3.63) is 89.8 Å². The molecule has 0 saturated heterocycles. The summed E-state index contributed by atoms with van der Waals surface area (Å²) in [6.45, 7) is 0. The van der Waals surface area contributed by atoms with Crippen LogP contribution in [0, 0.1) is 0 Å². The van der Waals surface area contributed by atoms with E-state index in [1.165, 1.54) is 27.4 Å². The van der Waals surface area contributed by atoms with Crippen molar-refractivity contribution in [1.82, 2.24) is 10.1 Å². The molecule has 0 saturated carbocycles. The Labute approximate surface area is 203 Å². The van der Waals surface area contributed by atoms with Gasteiger partial charge in [-0.15, -0.1) is 0 Å². The fraction of sp³-hybridized carbons (Fsp3) is 0.148. The molecule has 4 aromatic rings. The lowest BCUT2D eigenvalue weighted by atomic mass is 10.1. The lowest BCUT2D eigenvalue weighted by molar-refractivity contribution is -0.111. The van der Waals surface area contributed by atoms with Crippen LogP contribution >= 0.6 is 0 Å². The maximum absolute atomic E-state index is 12.7. The first kappa shape index (κ1) is 23.6. The molecule has 0 radical (unpaired) electrons. The lowest BCUT2D eigenvalue weighted by Gasteiger charge is -2.12. The molecular formula is C27H25N3O5. The normalized spacial score (nSPS) is 10.8. The first-order valence-corrected chi connectivity index (χ1v) is 10.9. The number of carbonyl (C=O) groups excluding carboxylic acids is 1. The number of hydrogen-bond acceptors (Lipinski definition) is 7. The number of nitrogens with one attached hydrogen (secondary N) is 1. The van der Waals surface area contributed by atoms with Crippen LogP contribution in [0.1, 0.15) is 17.0 Å². The molecule has 0 spiro atoms. The van der Waals surface area contributed by atoms with E-state index in [9.17, 15) is 4.79 Å². The van der Waals surface area contributed by atoms with Gasteiger partial charge < -0.3 is 24.1 Å². The molecule has 8 nitrogen and oxygen atoms in total. The van der Waals surface area contributed by atoms with E-state index in [0.717, 1.165) is 5.56 Å². The molecule has 0 aliphatic heterocycles. The van der Waals surface area contributed by atoms with Crippen LogP contribution < -0.4 is 19.5 Å². The van der Waals surface area contributed by atoms with Gasteiger partial charge in [-0.05, 0) is 41.5 Å². The number of aromatic nitrogens is 2. The minimum absolute atomic E-state index is 0.324. The largest absolute Gasteiger partial charge is 0.493 e.